The van der Waals surface area contributed by atoms with Gasteiger partial charge in [0.05, 0.1) is 12.8 Å². The summed E-state index contributed by atoms with van der Waals surface area (Å²) < 4.78 is 8.91. The summed E-state index contributed by atoms with van der Waals surface area (Å²) in [5, 5.41) is 6.81. The first kappa shape index (κ1) is 12.6. The predicted octanol–water partition coefficient (Wildman–Crippen LogP) is 0.681. The first-order chi connectivity index (χ1) is 9.52. The summed E-state index contributed by atoms with van der Waals surface area (Å²) in [6.45, 7) is 1.58. The molecular formula is C11H11N5O3S. The minimum atomic E-state index is -1.21. The van der Waals surface area contributed by atoms with Crippen LogP contribution in [0, 0.1) is 0 Å². The fraction of sp³-hybridized carbons (Fsp3) is 0.273. The highest BCUT2D eigenvalue weighted by atomic mass is 32.1. The Labute approximate surface area is 117 Å². The number of rotatable bonds is 3. The molecule has 3 heterocycles. The van der Waals surface area contributed by atoms with Crippen molar-refractivity contribution in [2.75, 3.05) is 5.73 Å². The van der Waals surface area contributed by atoms with Gasteiger partial charge in [-0.05, 0) is 19.1 Å². The SMILES string of the molecule is CC1(c2ccco2)NC(=O)N(Cc2nnsc2N)C1=O. The molecule has 1 atom stereocenters. The maximum atomic E-state index is 12.5. The standard InChI is InChI=1S/C11H11N5O3S/c1-11(7-3-2-4-19-7)9(17)16(10(18)13-11)5-6-8(12)20-15-14-6/h2-4H,5,12H2,1H3,(H,13,18). The predicted molar refractivity (Wildman–Crippen MR) is 69.5 cm³/mol. The van der Waals surface area contributed by atoms with Crippen LogP contribution >= 0.6 is 11.5 Å². The van der Waals surface area contributed by atoms with Crippen LogP contribution in [0.15, 0.2) is 22.8 Å². The van der Waals surface area contributed by atoms with E-state index >= 15 is 0 Å². The Morgan fingerprint density at radius 3 is 2.95 bits per heavy atom. The van der Waals surface area contributed by atoms with E-state index in [2.05, 4.69) is 14.9 Å². The summed E-state index contributed by atoms with van der Waals surface area (Å²) in [4.78, 5) is 25.5. The first-order valence-corrected chi connectivity index (χ1v) is 6.54. The van der Waals surface area contributed by atoms with E-state index in [1.165, 1.54) is 6.26 Å². The van der Waals surface area contributed by atoms with Gasteiger partial charge in [0, 0.05) is 11.5 Å². The molecule has 1 aliphatic rings. The molecule has 1 saturated heterocycles. The molecule has 8 nitrogen and oxygen atoms in total. The first-order valence-electron chi connectivity index (χ1n) is 5.77. The summed E-state index contributed by atoms with van der Waals surface area (Å²) in [5.74, 6) is -0.0347. The van der Waals surface area contributed by atoms with Gasteiger partial charge in [-0.1, -0.05) is 4.49 Å². The van der Waals surface area contributed by atoms with Gasteiger partial charge in [0.25, 0.3) is 5.91 Å². The lowest BCUT2D eigenvalue weighted by Crippen LogP contribution is -2.40. The second-order valence-corrected chi connectivity index (χ2v) is 5.29. The summed E-state index contributed by atoms with van der Waals surface area (Å²) in [6.07, 6.45) is 1.45. The second kappa shape index (κ2) is 4.30. The number of anilines is 1. The smallest absolute Gasteiger partial charge is 0.325 e. The van der Waals surface area contributed by atoms with Gasteiger partial charge in [-0.15, -0.1) is 5.10 Å². The molecule has 0 bridgehead atoms. The molecule has 0 saturated carbocycles. The van der Waals surface area contributed by atoms with Crippen molar-refractivity contribution in [3.05, 3.63) is 29.9 Å². The largest absolute Gasteiger partial charge is 0.466 e. The summed E-state index contributed by atoms with van der Waals surface area (Å²) in [6, 6.07) is 2.78. The zero-order valence-corrected chi connectivity index (χ0v) is 11.3. The van der Waals surface area contributed by atoms with Gasteiger partial charge in [0.2, 0.25) is 0 Å². The van der Waals surface area contributed by atoms with Gasteiger partial charge >= 0.3 is 6.03 Å². The number of nitrogens with zero attached hydrogens (tertiary/aromatic N) is 3. The number of urea groups is 1. The Morgan fingerprint density at radius 2 is 2.35 bits per heavy atom. The number of amides is 3. The number of imide groups is 1. The summed E-state index contributed by atoms with van der Waals surface area (Å²) in [5.41, 5.74) is 4.87. The third-order valence-electron chi connectivity index (χ3n) is 3.18. The second-order valence-electron chi connectivity index (χ2n) is 4.51. The van der Waals surface area contributed by atoms with E-state index in [1.54, 1.807) is 19.1 Å². The molecule has 0 aliphatic carbocycles. The number of nitrogens with one attached hydrogen (secondary N) is 1. The van der Waals surface area contributed by atoms with Crippen molar-refractivity contribution in [2.45, 2.75) is 19.0 Å². The normalized spacial score (nSPS) is 22.4. The molecule has 3 amide bonds. The Hall–Kier alpha value is -2.42. The minimum Gasteiger partial charge on any atom is -0.466 e. The average Bonchev–Trinajstić information content (AvgIpc) is 3.09. The number of hydrogen-bond donors (Lipinski definition) is 2. The molecule has 0 spiro atoms. The lowest BCUT2D eigenvalue weighted by Gasteiger charge is -2.18. The third-order valence-corrected chi connectivity index (χ3v) is 3.78. The van der Waals surface area contributed by atoms with Gasteiger partial charge in [-0.25, -0.2) is 4.79 Å². The number of carbonyl (C=O) groups is 2. The van der Waals surface area contributed by atoms with Gasteiger partial charge in [-0.2, -0.15) is 0 Å². The van der Waals surface area contributed by atoms with Crippen LogP contribution < -0.4 is 11.1 Å². The van der Waals surface area contributed by atoms with E-state index in [1.807, 2.05) is 0 Å². The van der Waals surface area contributed by atoms with Crippen LogP contribution in [-0.4, -0.2) is 26.4 Å². The average molecular weight is 293 g/mol. The van der Waals surface area contributed by atoms with Crippen molar-refractivity contribution >= 4 is 28.5 Å². The highest BCUT2D eigenvalue weighted by Crippen LogP contribution is 2.30. The van der Waals surface area contributed by atoms with Crippen molar-refractivity contribution in [1.29, 1.82) is 0 Å². The number of hydrogen-bond acceptors (Lipinski definition) is 7. The Morgan fingerprint density at radius 1 is 1.55 bits per heavy atom. The Bertz CT molecular complexity index is 667. The third kappa shape index (κ3) is 1.74. The van der Waals surface area contributed by atoms with Gasteiger partial charge in [0.1, 0.15) is 16.5 Å². The zero-order chi connectivity index (χ0) is 14.3. The van der Waals surface area contributed by atoms with E-state index in [0.717, 1.165) is 16.4 Å². The summed E-state index contributed by atoms with van der Waals surface area (Å²) in [7, 11) is 0. The van der Waals surface area contributed by atoms with Gasteiger partial charge in [0.15, 0.2) is 5.54 Å². The Balaban J connectivity index is 1.90. The fourth-order valence-electron chi connectivity index (χ4n) is 2.05. The molecule has 2 aromatic heterocycles. The summed E-state index contributed by atoms with van der Waals surface area (Å²) >= 11 is 1.02. The molecule has 3 N–H and O–H groups in total. The molecule has 2 aromatic rings. The van der Waals surface area contributed by atoms with Crippen LogP contribution in [0.3, 0.4) is 0 Å². The monoisotopic (exact) mass is 293 g/mol. The number of aromatic nitrogens is 2. The molecule has 1 aliphatic heterocycles. The molecular weight excluding hydrogens is 282 g/mol. The van der Waals surface area contributed by atoms with Crippen molar-refractivity contribution in [3.63, 3.8) is 0 Å². The van der Waals surface area contributed by atoms with Crippen LogP contribution in [-0.2, 0) is 16.9 Å². The fourth-order valence-corrected chi connectivity index (χ4v) is 2.48. The van der Waals surface area contributed by atoms with Crippen molar-refractivity contribution < 1.29 is 14.0 Å². The molecule has 1 unspecified atom stereocenters. The molecule has 3 rings (SSSR count). The van der Waals surface area contributed by atoms with Crippen LogP contribution in [0.4, 0.5) is 9.80 Å². The van der Waals surface area contributed by atoms with E-state index in [9.17, 15) is 9.59 Å². The van der Waals surface area contributed by atoms with Gasteiger partial charge < -0.3 is 15.5 Å². The molecule has 20 heavy (non-hydrogen) atoms. The number of nitrogens with two attached hydrogens (primary N) is 1. The van der Waals surface area contributed by atoms with E-state index in [-0.39, 0.29) is 6.54 Å². The van der Waals surface area contributed by atoms with E-state index in [4.69, 9.17) is 10.2 Å². The van der Waals surface area contributed by atoms with Gasteiger partial charge in [-0.3, -0.25) is 9.69 Å². The minimum absolute atomic E-state index is 0.0106. The quantitative estimate of drug-likeness (QED) is 0.804. The van der Waals surface area contributed by atoms with Crippen LogP contribution in [0.25, 0.3) is 0 Å². The number of furan rings is 1. The van der Waals surface area contributed by atoms with Crippen LogP contribution in [0.2, 0.25) is 0 Å². The topological polar surface area (TPSA) is 114 Å². The van der Waals surface area contributed by atoms with Crippen molar-refractivity contribution in [2.24, 2.45) is 0 Å². The molecule has 0 radical (unpaired) electrons. The van der Waals surface area contributed by atoms with Crippen molar-refractivity contribution in [3.8, 4) is 0 Å². The highest BCUT2D eigenvalue weighted by Gasteiger charge is 2.51. The Kier molecular flexibility index (Phi) is 2.71. The maximum absolute atomic E-state index is 12.5. The van der Waals surface area contributed by atoms with Crippen LogP contribution in [0.1, 0.15) is 18.4 Å². The highest BCUT2D eigenvalue weighted by molar-refractivity contribution is 7.09. The number of nitrogen functional groups attached to an aromatic ring is 1. The maximum Gasteiger partial charge on any atom is 0.325 e. The number of carbonyl (C=O) groups excluding carboxylic acids is 2. The lowest BCUT2D eigenvalue weighted by atomic mass is 9.99. The zero-order valence-electron chi connectivity index (χ0n) is 10.5. The molecule has 0 aromatic carbocycles. The molecule has 9 heteroatoms. The van der Waals surface area contributed by atoms with E-state index in [0.29, 0.717) is 16.5 Å². The molecule has 1 fully saturated rings. The van der Waals surface area contributed by atoms with E-state index < -0.39 is 17.5 Å². The van der Waals surface area contributed by atoms with Crippen molar-refractivity contribution in [1.82, 2.24) is 19.8 Å². The molecule has 104 valence electrons. The van der Waals surface area contributed by atoms with Crippen LogP contribution in [0.5, 0.6) is 0 Å². The lowest BCUT2D eigenvalue weighted by molar-refractivity contribution is -0.132.